The van der Waals surface area contributed by atoms with Gasteiger partial charge in [-0.3, -0.25) is 4.79 Å². The van der Waals surface area contributed by atoms with E-state index in [4.69, 9.17) is 14.2 Å². The van der Waals surface area contributed by atoms with Crippen molar-refractivity contribution in [2.75, 3.05) is 7.11 Å². The van der Waals surface area contributed by atoms with Gasteiger partial charge in [-0.25, -0.2) is 4.79 Å². The molecule has 0 aliphatic carbocycles. The van der Waals surface area contributed by atoms with Crippen molar-refractivity contribution in [2.45, 2.75) is 51.7 Å². The average molecular weight is 345 g/mol. The highest BCUT2D eigenvalue weighted by Crippen LogP contribution is 2.44. The van der Waals surface area contributed by atoms with E-state index in [1.165, 1.54) is 0 Å². The van der Waals surface area contributed by atoms with E-state index in [-0.39, 0.29) is 30.3 Å². The van der Waals surface area contributed by atoms with E-state index >= 15 is 0 Å². The number of ether oxygens (including phenoxy) is 3. The molecule has 25 heavy (non-hydrogen) atoms. The minimum absolute atomic E-state index is 0.0241. The zero-order valence-electron chi connectivity index (χ0n) is 15.1. The van der Waals surface area contributed by atoms with Crippen LogP contribution in [-0.4, -0.2) is 30.7 Å². The van der Waals surface area contributed by atoms with Gasteiger partial charge in [-0.15, -0.1) is 0 Å². The van der Waals surface area contributed by atoms with E-state index in [0.29, 0.717) is 22.8 Å². The lowest BCUT2D eigenvalue weighted by atomic mass is 9.82. The zero-order chi connectivity index (χ0) is 18.4. The van der Waals surface area contributed by atoms with Crippen LogP contribution in [0.15, 0.2) is 29.5 Å². The van der Waals surface area contributed by atoms with Crippen molar-refractivity contribution in [3.8, 4) is 11.5 Å². The number of amides is 1. The number of hydrogen-bond acceptors (Lipinski definition) is 5. The fourth-order valence-electron chi connectivity index (χ4n) is 3.32. The molecule has 1 aromatic carbocycles. The van der Waals surface area contributed by atoms with E-state index < -0.39 is 5.60 Å². The van der Waals surface area contributed by atoms with Crippen LogP contribution in [0.4, 0.5) is 0 Å². The summed E-state index contributed by atoms with van der Waals surface area (Å²) in [5.41, 5.74) is 1.07. The topological polar surface area (TPSA) is 73.9 Å². The first kappa shape index (κ1) is 17.3. The standard InChI is InChI=1S/C19H23NO5/c1-10(2)24-14-8-11(6-7-13(14)23-5)12-9-15(21)20-17-16(12)18(22)25-19(17,3)4/h6-8,10,12H,9H2,1-5H3,(H,20,21)/t12-/m0/s1. The lowest BCUT2D eigenvalue weighted by Crippen LogP contribution is -2.38. The lowest BCUT2D eigenvalue weighted by Gasteiger charge is -2.27. The molecule has 0 fully saturated rings. The molecule has 0 bridgehead atoms. The molecule has 1 aromatic rings. The monoisotopic (exact) mass is 345 g/mol. The second-order valence-corrected chi connectivity index (χ2v) is 7.07. The quantitative estimate of drug-likeness (QED) is 0.849. The molecule has 6 nitrogen and oxygen atoms in total. The van der Waals surface area contributed by atoms with Gasteiger partial charge in [0.15, 0.2) is 11.5 Å². The number of carbonyl (C=O) groups is 2. The molecular formula is C19H23NO5. The summed E-state index contributed by atoms with van der Waals surface area (Å²) in [6, 6.07) is 5.50. The number of hydrogen-bond donors (Lipinski definition) is 1. The van der Waals surface area contributed by atoms with Gasteiger partial charge in [-0.2, -0.15) is 0 Å². The van der Waals surface area contributed by atoms with E-state index in [9.17, 15) is 9.59 Å². The van der Waals surface area contributed by atoms with E-state index in [1.54, 1.807) is 27.0 Å². The van der Waals surface area contributed by atoms with Gasteiger partial charge in [0.1, 0.15) is 5.60 Å². The predicted molar refractivity (Wildman–Crippen MR) is 91.5 cm³/mol. The Morgan fingerprint density at radius 2 is 1.96 bits per heavy atom. The normalized spacial score (nSPS) is 21.8. The molecule has 0 aromatic heterocycles. The summed E-state index contributed by atoms with van der Waals surface area (Å²) in [6.07, 6.45) is 0.168. The summed E-state index contributed by atoms with van der Waals surface area (Å²) in [7, 11) is 1.58. The second-order valence-electron chi connectivity index (χ2n) is 7.07. The van der Waals surface area contributed by atoms with Crippen LogP contribution in [0.25, 0.3) is 0 Å². The summed E-state index contributed by atoms with van der Waals surface area (Å²) in [5, 5.41) is 2.81. The number of cyclic esters (lactones) is 1. The molecule has 2 aliphatic heterocycles. The molecule has 0 spiro atoms. The molecule has 2 aliphatic rings. The molecule has 0 saturated heterocycles. The van der Waals surface area contributed by atoms with Crippen molar-refractivity contribution in [3.63, 3.8) is 0 Å². The van der Waals surface area contributed by atoms with Crippen LogP contribution in [0.3, 0.4) is 0 Å². The van der Waals surface area contributed by atoms with Gasteiger partial charge in [0.25, 0.3) is 0 Å². The van der Waals surface area contributed by atoms with Crippen molar-refractivity contribution in [2.24, 2.45) is 0 Å². The second kappa shape index (κ2) is 6.10. The minimum atomic E-state index is -0.829. The minimum Gasteiger partial charge on any atom is -0.493 e. The van der Waals surface area contributed by atoms with Crippen LogP contribution in [0, 0.1) is 0 Å². The van der Waals surface area contributed by atoms with Gasteiger partial charge >= 0.3 is 5.97 Å². The molecule has 3 rings (SSSR count). The number of carbonyl (C=O) groups excluding carboxylic acids is 2. The van der Waals surface area contributed by atoms with Crippen LogP contribution >= 0.6 is 0 Å². The Balaban J connectivity index is 2.07. The molecule has 134 valence electrons. The van der Waals surface area contributed by atoms with E-state index in [1.807, 2.05) is 26.0 Å². The highest BCUT2D eigenvalue weighted by atomic mass is 16.6. The van der Waals surface area contributed by atoms with Crippen molar-refractivity contribution in [3.05, 3.63) is 35.0 Å². The summed E-state index contributed by atoms with van der Waals surface area (Å²) in [4.78, 5) is 24.6. The maximum Gasteiger partial charge on any atom is 0.337 e. The third-order valence-electron chi connectivity index (χ3n) is 4.39. The Kier molecular flexibility index (Phi) is 4.22. The molecular weight excluding hydrogens is 322 g/mol. The Morgan fingerprint density at radius 3 is 2.60 bits per heavy atom. The summed E-state index contributed by atoms with van der Waals surface area (Å²) >= 11 is 0. The lowest BCUT2D eigenvalue weighted by molar-refractivity contribution is -0.144. The fraction of sp³-hybridized carbons (Fsp3) is 0.474. The molecule has 1 atom stereocenters. The zero-order valence-corrected chi connectivity index (χ0v) is 15.1. The Morgan fingerprint density at radius 1 is 1.24 bits per heavy atom. The third kappa shape index (κ3) is 3.08. The molecule has 0 unspecified atom stereocenters. The maximum absolute atomic E-state index is 12.4. The number of esters is 1. The van der Waals surface area contributed by atoms with Crippen LogP contribution in [0.1, 0.15) is 45.6 Å². The van der Waals surface area contributed by atoms with Crippen molar-refractivity contribution >= 4 is 11.9 Å². The smallest absolute Gasteiger partial charge is 0.337 e. The van der Waals surface area contributed by atoms with Gasteiger partial charge in [0.05, 0.1) is 24.5 Å². The number of nitrogens with one attached hydrogen (secondary N) is 1. The highest BCUT2D eigenvalue weighted by Gasteiger charge is 2.47. The predicted octanol–water partition coefficient (Wildman–Crippen LogP) is 2.68. The SMILES string of the molecule is COc1ccc([C@@H]2CC(=O)NC3=C2C(=O)OC3(C)C)cc1OC(C)C. The molecule has 6 heteroatoms. The fourth-order valence-corrected chi connectivity index (χ4v) is 3.32. The number of rotatable bonds is 4. The molecule has 0 saturated carbocycles. The summed E-state index contributed by atoms with van der Waals surface area (Å²) in [5.74, 6) is 0.331. The molecule has 1 N–H and O–H groups in total. The summed E-state index contributed by atoms with van der Waals surface area (Å²) in [6.45, 7) is 7.41. The average Bonchev–Trinajstić information content (AvgIpc) is 2.75. The van der Waals surface area contributed by atoms with Gasteiger partial charge in [-0.05, 0) is 45.4 Å². The van der Waals surface area contributed by atoms with Gasteiger partial charge in [0, 0.05) is 12.3 Å². The Labute approximate surface area is 147 Å². The Hall–Kier alpha value is -2.50. The molecule has 2 heterocycles. The largest absolute Gasteiger partial charge is 0.493 e. The van der Waals surface area contributed by atoms with Crippen LogP contribution in [0.5, 0.6) is 11.5 Å². The van der Waals surface area contributed by atoms with Gasteiger partial charge in [-0.1, -0.05) is 6.07 Å². The molecule has 0 radical (unpaired) electrons. The van der Waals surface area contributed by atoms with Crippen LogP contribution in [-0.2, 0) is 14.3 Å². The van der Waals surface area contributed by atoms with Crippen molar-refractivity contribution < 1.29 is 23.8 Å². The van der Waals surface area contributed by atoms with E-state index in [2.05, 4.69) is 5.32 Å². The van der Waals surface area contributed by atoms with Crippen LogP contribution < -0.4 is 14.8 Å². The molecule has 1 amide bonds. The summed E-state index contributed by atoms with van der Waals surface area (Å²) < 4.78 is 16.6. The third-order valence-corrected chi connectivity index (χ3v) is 4.39. The number of benzene rings is 1. The first-order valence-electron chi connectivity index (χ1n) is 8.35. The highest BCUT2D eigenvalue weighted by molar-refractivity contribution is 5.99. The van der Waals surface area contributed by atoms with Crippen molar-refractivity contribution in [1.82, 2.24) is 5.32 Å². The first-order chi connectivity index (χ1) is 11.7. The number of methoxy groups -OCH3 is 1. The van der Waals surface area contributed by atoms with Crippen molar-refractivity contribution in [1.29, 1.82) is 0 Å². The van der Waals surface area contributed by atoms with Gasteiger partial charge in [0.2, 0.25) is 5.91 Å². The maximum atomic E-state index is 12.4. The van der Waals surface area contributed by atoms with Crippen LogP contribution in [0.2, 0.25) is 0 Å². The Bertz CT molecular complexity index is 763. The van der Waals surface area contributed by atoms with Gasteiger partial charge < -0.3 is 19.5 Å². The first-order valence-corrected chi connectivity index (χ1v) is 8.35. The van der Waals surface area contributed by atoms with E-state index in [0.717, 1.165) is 5.56 Å².